The molecule has 6 heteroatoms. The third kappa shape index (κ3) is 9.75. The highest BCUT2D eigenvalue weighted by molar-refractivity contribution is 5.78. The lowest BCUT2D eigenvalue weighted by Crippen LogP contribution is -2.37. The van der Waals surface area contributed by atoms with Gasteiger partial charge in [0.2, 0.25) is 5.91 Å². The second-order valence-corrected chi connectivity index (χ2v) is 4.64. The van der Waals surface area contributed by atoms with Gasteiger partial charge in [-0.2, -0.15) is 0 Å². The van der Waals surface area contributed by atoms with Crippen LogP contribution in [-0.2, 0) is 23.8 Å². The molecule has 118 valence electrons. The molecule has 0 unspecified atom stereocenters. The minimum atomic E-state index is -0.291. The lowest BCUT2D eigenvalue weighted by Gasteiger charge is -2.22. The Balaban J connectivity index is 4.13. The van der Waals surface area contributed by atoms with E-state index in [4.69, 9.17) is 14.2 Å². The standard InChI is InChI=1S/C14H27NO5/c1-5-19-14(17)7-9-15(13(16)11-18-4)8-6-10-20-12(2)3/h12H,5-11H2,1-4H3. The van der Waals surface area contributed by atoms with Crippen LogP contribution in [0, 0.1) is 0 Å². The summed E-state index contributed by atoms with van der Waals surface area (Å²) in [6.45, 7) is 7.56. The molecule has 0 heterocycles. The fraction of sp³-hybridized carbons (Fsp3) is 0.857. The molecule has 0 aliphatic carbocycles. The molecule has 0 atom stereocenters. The highest BCUT2D eigenvalue weighted by atomic mass is 16.5. The molecular formula is C14H27NO5. The first kappa shape index (κ1) is 18.9. The second kappa shape index (κ2) is 11.7. The van der Waals surface area contributed by atoms with Crippen molar-refractivity contribution in [2.75, 3.05) is 40.0 Å². The van der Waals surface area contributed by atoms with Crippen molar-refractivity contribution in [1.82, 2.24) is 4.90 Å². The topological polar surface area (TPSA) is 65.1 Å². The van der Waals surface area contributed by atoms with Crippen LogP contribution in [0.4, 0.5) is 0 Å². The summed E-state index contributed by atoms with van der Waals surface area (Å²) in [5.74, 6) is -0.414. The summed E-state index contributed by atoms with van der Waals surface area (Å²) < 4.78 is 15.1. The van der Waals surface area contributed by atoms with Crippen LogP contribution in [0.2, 0.25) is 0 Å². The molecule has 0 aromatic rings. The maximum Gasteiger partial charge on any atom is 0.307 e. The highest BCUT2D eigenvalue weighted by Gasteiger charge is 2.15. The maximum absolute atomic E-state index is 11.8. The summed E-state index contributed by atoms with van der Waals surface area (Å²) in [4.78, 5) is 24.8. The van der Waals surface area contributed by atoms with Crippen LogP contribution >= 0.6 is 0 Å². The van der Waals surface area contributed by atoms with E-state index in [1.165, 1.54) is 7.11 Å². The summed E-state index contributed by atoms with van der Waals surface area (Å²) in [6.07, 6.45) is 1.11. The first-order chi connectivity index (χ1) is 9.51. The fourth-order valence-corrected chi connectivity index (χ4v) is 1.61. The molecule has 0 spiro atoms. The van der Waals surface area contributed by atoms with Crippen molar-refractivity contribution in [2.45, 2.75) is 39.7 Å². The van der Waals surface area contributed by atoms with Crippen LogP contribution in [0.5, 0.6) is 0 Å². The zero-order valence-corrected chi connectivity index (χ0v) is 13.0. The van der Waals surface area contributed by atoms with Crippen LogP contribution in [0.3, 0.4) is 0 Å². The molecule has 0 rings (SSSR count). The quantitative estimate of drug-likeness (QED) is 0.423. The van der Waals surface area contributed by atoms with Gasteiger partial charge >= 0.3 is 5.97 Å². The molecule has 0 fully saturated rings. The third-order valence-electron chi connectivity index (χ3n) is 2.54. The van der Waals surface area contributed by atoms with E-state index in [0.717, 1.165) is 6.42 Å². The second-order valence-electron chi connectivity index (χ2n) is 4.64. The number of ether oxygens (including phenoxy) is 3. The Hall–Kier alpha value is -1.14. The number of methoxy groups -OCH3 is 1. The first-order valence-electron chi connectivity index (χ1n) is 7.05. The van der Waals surface area contributed by atoms with Crippen molar-refractivity contribution in [2.24, 2.45) is 0 Å². The third-order valence-corrected chi connectivity index (χ3v) is 2.54. The molecule has 0 saturated carbocycles. The number of carbonyl (C=O) groups excluding carboxylic acids is 2. The average molecular weight is 289 g/mol. The van der Waals surface area contributed by atoms with Crippen molar-refractivity contribution in [3.63, 3.8) is 0 Å². The number of hydrogen-bond acceptors (Lipinski definition) is 5. The molecule has 0 aromatic carbocycles. The molecule has 6 nitrogen and oxygen atoms in total. The zero-order chi connectivity index (χ0) is 15.4. The number of carbonyl (C=O) groups is 2. The number of nitrogens with zero attached hydrogens (tertiary/aromatic N) is 1. The molecular weight excluding hydrogens is 262 g/mol. The Morgan fingerprint density at radius 2 is 1.90 bits per heavy atom. The van der Waals surface area contributed by atoms with Crippen LogP contribution in [0.15, 0.2) is 0 Å². The van der Waals surface area contributed by atoms with Crippen molar-refractivity contribution < 1.29 is 23.8 Å². The molecule has 20 heavy (non-hydrogen) atoms. The summed E-state index contributed by atoms with van der Waals surface area (Å²) in [5.41, 5.74) is 0. The minimum Gasteiger partial charge on any atom is -0.466 e. The summed E-state index contributed by atoms with van der Waals surface area (Å²) >= 11 is 0. The van der Waals surface area contributed by atoms with Gasteiger partial charge in [-0.3, -0.25) is 9.59 Å². The molecule has 0 aromatic heterocycles. The maximum atomic E-state index is 11.8. The van der Waals surface area contributed by atoms with Crippen molar-refractivity contribution in [3.8, 4) is 0 Å². The SMILES string of the molecule is CCOC(=O)CCN(CCCOC(C)C)C(=O)COC. The molecule has 0 bridgehead atoms. The summed E-state index contributed by atoms with van der Waals surface area (Å²) in [6, 6.07) is 0. The Labute approximate surface area is 121 Å². The van der Waals surface area contributed by atoms with Gasteiger partial charge in [-0.25, -0.2) is 0 Å². The Morgan fingerprint density at radius 3 is 2.45 bits per heavy atom. The van der Waals surface area contributed by atoms with Gasteiger partial charge in [0.1, 0.15) is 6.61 Å². The lowest BCUT2D eigenvalue weighted by atomic mass is 10.3. The Bertz CT molecular complexity index is 281. The van der Waals surface area contributed by atoms with E-state index in [1.807, 2.05) is 13.8 Å². The molecule has 0 N–H and O–H groups in total. The van der Waals surface area contributed by atoms with E-state index in [2.05, 4.69) is 0 Å². The monoisotopic (exact) mass is 289 g/mol. The lowest BCUT2D eigenvalue weighted by molar-refractivity contribution is -0.144. The minimum absolute atomic E-state index is 0.0217. The van der Waals surface area contributed by atoms with Crippen LogP contribution < -0.4 is 0 Å². The van der Waals surface area contributed by atoms with Crippen LogP contribution in [0.25, 0.3) is 0 Å². The van der Waals surface area contributed by atoms with Gasteiger partial charge in [0.15, 0.2) is 0 Å². The first-order valence-corrected chi connectivity index (χ1v) is 7.05. The summed E-state index contributed by atoms with van der Waals surface area (Å²) in [5, 5.41) is 0. The number of rotatable bonds is 11. The smallest absolute Gasteiger partial charge is 0.307 e. The van der Waals surface area contributed by atoms with E-state index < -0.39 is 0 Å². The van der Waals surface area contributed by atoms with Crippen molar-refractivity contribution in [3.05, 3.63) is 0 Å². The van der Waals surface area contributed by atoms with Gasteiger partial charge in [-0.15, -0.1) is 0 Å². The van der Waals surface area contributed by atoms with Gasteiger partial charge in [0.25, 0.3) is 0 Å². The van der Waals surface area contributed by atoms with Crippen LogP contribution in [0.1, 0.15) is 33.6 Å². The van der Waals surface area contributed by atoms with Gasteiger partial charge in [-0.1, -0.05) is 0 Å². The molecule has 0 aliphatic rings. The fourth-order valence-electron chi connectivity index (χ4n) is 1.61. The van der Waals surface area contributed by atoms with Crippen molar-refractivity contribution in [1.29, 1.82) is 0 Å². The molecule has 0 saturated heterocycles. The molecule has 1 amide bonds. The van der Waals surface area contributed by atoms with Gasteiger partial charge in [-0.05, 0) is 27.2 Å². The van der Waals surface area contributed by atoms with Gasteiger partial charge < -0.3 is 19.1 Å². The van der Waals surface area contributed by atoms with Gasteiger partial charge in [0, 0.05) is 26.8 Å². The van der Waals surface area contributed by atoms with Crippen LogP contribution in [-0.4, -0.2) is 62.9 Å². The number of hydrogen-bond donors (Lipinski definition) is 0. The van der Waals surface area contributed by atoms with E-state index >= 15 is 0 Å². The molecule has 0 aliphatic heterocycles. The van der Waals surface area contributed by atoms with E-state index in [1.54, 1.807) is 11.8 Å². The molecule has 0 radical (unpaired) electrons. The summed E-state index contributed by atoms with van der Waals surface area (Å²) in [7, 11) is 1.48. The zero-order valence-electron chi connectivity index (χ0n) is 13.0. The number of amides is 1. The largest absolute Gasteiger partial charge is 0.466 e. The normalized spacial score (nSPS) is 10.7. The highest BCUT2D eigenvalue weighted by Crippen LogP contribution is 2.00. The predicted molar refractivity (Wildman–Crippen MR) is 75.4 cm³/mol. The average Bonchev–Trinajstić information content (AvgIpc) is 2.38. The predicted octanol–water partition coefficient (Wildman–Crippen LogP) is 1.23. The van der Waals surface area contributed by atoms with E-state index in [9.17, 15) is 9.59 Å². The van der Waals surface area contributed by atoms with Gasteiger partial charge in [0.05, 0.1) is 19.1 Å². The Morgan fingerprint density at radius 1 is 1.20 bits per heavy atom. The number of esters is 1. The Kier molecular flexibility index (Phi) is 11.0. The van der Waals surface area contributed by atoms with E-state index in [-0.39, 0.29) is 31.0 Å². The van der Waals surface area contributed by atoms with Crippen molar-refractivity contribution >= 4 is 11.9 Å². The van der Waals surface area contributed by atoms with E-state index in [0.29, 0.717) is 26.3 Å².